The van der Waals surface area contributed by atoms with Gasteiger partial charge in [-0.1, -0.05) is 51.3 Å². The molecule has 0 saturated heterocycles. The molecule has 0 unspecified atom stereocenters. The van der Waals surface area contributed by atoms with Gasteiger partial charge in [0.25, 0.3) is 5.91 Å². The molecule has 5 heteroatoms. The summed E-state index contributed by atoms with van der Waals surface area (Å²) in [7, 11) is 0. The van der Waals surface area contributed by atoms with Crippen LogP contribution >= 0.6 is 0 Å². The lowest BCUT2D eigenvalue weighted by molar-refractivity contribution is -0.121. The predicted molar refractivity (Wildman–Crippen MR) is 118 cm³/mol. The summed E-state index contributed by atoms with van der Waals surface area (Å²) in [6, 6.07) is 13.6. The number of amides is 2. The predicted octanol–water partition coefficient (Wildman–Crippen LogP) is 5.42. The molecule has 3 rings (SSSR count). The molecule has 0 aliphatic carbocycles. The zero-order chi connectivity index (χ0) is 21.5. The molecular formula is C25H31FN2O2. The minimum absolute atomic E-state index is 0.0945. The van der Waals surface area contributed by atoms with Gasteiger partial charge >= 0.3 is 0 Å². The summed E-state index contributed by atoms with van der Waals surface area (Å²) in [6.07, 6.45) is 5.11. The van der Waals surface area contributed by atoms with Crippen molar-refractivity contribution < 1.29 is 14.0 Å². The van der Waals surface area contributed by atoms with E-state index in [4.69, 9.17) is 0 Å². The topological polar surface area (TPSA) is 40.6 Å². The summed E-state index contributed by atoms with van der Waals surface area (Å²) < 4.78 is 13.3. The first-order chi connectivity index (χ1) is 14.5. The van der Waals surface area contributed by atoms with Crippen LogP contribution in [0, 0.1) is 11.7 Å². The van der Waals surface area contributed by atoms with Crippen LogP contribution in [0.3, 0.4) is 0 Å². The highest BCUT2D eigenvalue weighted by Gasteiger charge is 2.24. The van der Waals surface area contributed by atoms with E-state index in [0.717, 1.165) is 43.4 Å². The van der Waals surface area contributed by atoms with E-state index in [1.54, 1.807) is 0 Å². The van der Waals surface area contributed by atoms with E-state index in [1.807, 2.05) is 47.9 Å². The van der Waals surface area contributed by atoms with E-state index in [1.165, 1.54) is 24.3 Å². The molecule has 2 aromatic carbocycles. The maximum Gasteiger partial charge on any atom is 0.254 e. The monoisotopic (exact) mass is 410 g/mol. The number of benzene rings is 2. The number of carbonyl (C=O) groups is 2. The van der Waals surface area contributed by atoms with Crippen molar-refractivity contribution in [1.29, 1.82) is 0 Å². The first-order valence-electron chi connectivity index (χ1n) is 10.9. The summed E-state index contributed by atoms with van der Waals surface area (Å²) in [5, 5.41) is 0. The molecule has 1 aliphatic heterocycles. The zero-order valence-electron chi connectivity index (χ0n) is 17.9. The van der Waals surface area contributed by atoms with Crippen molar-refractivity contribution in [3.05, 3.63) is 65.5 Å². The molecule has 0 saturated carbocycles. The average Bonchev–Trinajstić information content (AvgIpc) is 2.74. The lowest BCUT2D eigenvalue weighted by Gasteiger charge is -2.30. The Kier molecular flexibility index (Phi) is 7.61. The van der Waals surface area contributed by atoms with Crippen LogP contribution in [0.2, 0.25) is 0 Å². The number of anilines is 1. The Morgan fingerprint density at radius 3 is 2.20 bits per heavy atom. The highest BCUT2D eigenvalue weighted by Crippen LogP contribution is 2.26. The van der Waals surface area contributed by atoms with Crippen molar-refractivity contribution in [2.75, 3.05) is 18.0 Å². The van der Waals surface area contributed by atoms with Gasteiger partial charge in [-0.2, -0.15) is 0 Å². The van der Waals surface area contributed by atoms with Crippen LogP contribution in [0.25, 0.3) is 0 Å². The third kappa shape index (κ3) is 5.47. The highest BCUT2D eigenvalue weighted by atomic mass is 19.1. The van der Waals surface area contributed by atoms with Crippen molar-refractivity contribution in [3.63, 3.8) is 0 Å². The summed E-state index contributed by atoms with van der Waals surface area (Å²) >= 11 is 0. The van der Waals surface area contributed by atoms with Crippen molar-refractivity contribution in [2.45, 2.75) is 52.5 Å². The van der Waals surface area contributed by atoms with Crippen LogP contribution in [0.5, 0.6) is 0 Å². The number of nitrogens with zero attached hydrogens (tertiary/aromatic N) is 2. The van der Waals surface area contributed by atoms with Gasteiger partial charge in [0.15, 0.2) is 0 Å². The molecule has 0 fully saturated rings. The van der Waals surface area contributed by atoms with Gasteiger partial charge in [-0.25, -0.2) is 4.39 Å². The summed E-state index contributed by atoms with van der Waals surface area (Å²) in [4.78, 5) is 29.9. The Hall–Kier alpha value is -2.69. The fraction of sp³-hybridized carbons (Fsp3) is 0.440. The number of fused-ring (bicyclic) bond motifs is 1. The van der Waals surface area contributed by atoms with Crippen LogP contribution in [-0.2, 0) is 11.3 Å². The third-order valence-electron chi connectivity index (χ3n) is 5.59. The minimum atomic E-state index is -0.353. The maximum absolute atomic E-state index is 13.3. The van der Waals surface area contributed by atoms with E-state index in [-0.39, 0.29) is 23.5 Å². The van der Waals surface area contributed by atoms with E-state index in [2.05, 4.69) is 0 Å². The molecule has 0 radical (unpaired) electrons. The van der Waals surface area contributed by atoms with Gasteiger partial charge in [0.1, 0.15) is 5.82 Å². The molecule has 2 aromatic rings. The minimum Gasteiger partial charge on any atom is -0.334 e. The second-order valence-electron chi connectivity index (χ2n) is 8.27. The van der Waals surface area contributed by atoms with E-state index in [9.17, 15) is 14.0 Å². The maximum atomic E-state index is 13.3. The van der Waals surface area contributed by atoms with Crippen LogP contribution in [-0.4, -0.2) is 29.8 Å². The van der Waals surface area contributed by atoms with Crippen molar-refractivity contribution in [3.8, 4) is 0 Å². The molecule has 30 heavy (non-hydrogen) atoms. The van der Waals surface area contributed by atoms with E-state index in [0.29, 0.717) is 25.2 Å². The molecule has 0 bridgehead atoms. The highest BCUT2D eigenvalue weighted by molar-refractivity contribution is 5.96. The Morgan fingerprint density at radius 1 is 0.867 bits per heavy atom. The quantitative estimate of drug-likeness (QED) is 0.663. The average molecular weight is 411 g/mol. The van der Waals surface area contributed by atoms with Gasteiger partial charge in [0.2, 0.25) is 5.91 Å². The van der Waals surface area contributed by atoms with Crippen molar-refractivity contribution in [2.24, 2.45) is 5.92 Å². The number of halogens is 1. The van der Waals surface area contributed by atoms with Crippen LogP contribution in [0.15, 0.2) is 48.5 Å². The molecule has 160 valence electrons. The van der Waals surface area contributed by atoms with Gasteiger partial charge in [-0.15, -0.1) is 0 Å². The molecule has 4 nitrogen and oxygen atoms in total. The lowest BCUT2D eigenvalue weighted by Crippen LogP contribution is -2.37. The van der Waals surface area contributed by atoms with Crippen LogP contribution < -0.4 is 4.90 Å². The summed E-state index contributed by atoms with van der Waals surface area (Å²) in [5.74, 6) is -0.448. The molecule has 0 N–H and O–H groups in total. The van der Waals surface area contributed by atoms with E-state index >= 15 is 0 Å². The Labute approximate surface area is 178 Å². The smallest absolute Gasteiger partial charge is 0.254 e. The second-order valence-corrected chi connectivity index (χ2v) is 8.27. The molecule has 2 amide bonds. The Bertz CT molecular complexity index is 864. The third-order valence-corrected chi connectivity index (χ3v) is 5.59. The zero-order valence-corrected chi connectivity index (χ0v) is 17.9. The fourth-order valence-electron chi connectivity index (χ4n) is 3.90. The second kappa shape index (κ2) is 10.4. The number of hydrogen-bond donors (Lipinski definition) is 0. The van der Waals surface area contributed by atoms with Gasteiger partial charge in [-0.3, -0.25) is 9.59 Å². The Balaban J connectivity index is 1.95. The lowest BCUT2D eigenvalue weighted by atomic mass is 10.0. The summed E-state index contributed by atoms with van der Waals surface area (Å²) in [6.45, 7) is 5.60. The first-order valence-corrected chi connectivity index (χ1v) is 10.9. The number of rotatable bonds is 2. The standard InChI is InChI=1S/C25H31FN2O2/c1-19(2)24(29)28-17-9-5-3-4-8-16-27(18-21-10-6-7-11-23(21)28)25(30)20-12-14-22(26)15-13-20/h6-7,10-15,19H,3-5,8-9,16-18H2,1-2H3. The van der Waals surface area contributed by atoms with Gasteiger partial charge < -0.3 is 9.80 Å². The SMILES string of the molecule is CC(C)C(=O)N1CCCCCCCN(C(=O)c2ccc(F)cc2)Cc2ccccc21. The number of para-hydroxylation sites is 1. The molecule has 1 heterocycles. The molecule has 1 aliphatic rings. The van der Waals surface area contributed by atoms with Crippen LogP contribution in [0.1, 0.15) is 61.9 Å². The summed E-state index contributed by atoms with van der Waals surface area (Å²) in [5.41, 5.74) is 2.33. The molecule has 0 aromatic heterocycles. The van der Waals surface area contributed by atoms with Gasteiger partial charge in [0.05, 0.1) is 0 Å². The molecule has 0 atom stereocenters. The van der Waals surface area contributed by atoms with E-state index < -0.39 is 0 Å². The van der Waals surface area contributed by atoms with Crippen molar-refractivity contribution >= 4 is 17.5 Å². The van der Waals surface area contributed by atoms with Gasteiger partial charge in [-0.05, 0) is 48.7 Å². The Morgan fingerprint density at radius 2 is 1.50 bits per heavy atom. The molecule has 0 spiro atoms. The van der Waals surface area contributed by atoms with Crippen molar-refractivity contribution in [1.82, 2.24) is 4.90 Å². The normalized spacial score (nSPS) is 15.9. The first kappa shape index (κ1) is 22.0. The number of carbonyl (C=O) groups excluding carboxylic acids is 2. The van der Waals surface area contributed by atoms with Crippen LogP contribution in [0.4, 0.5) is 10.1 Å². The molecular weight excluding hydrogens is 379 g/mol. The van der Waals surface area contributed by atoms with Gasteiger partial charge in [0, 0.05) is 36.8 Å². The largest absolute Gasteiger partial charge is 0.334 e. The number of hydrogen-bond acceptors (Lipinski definition) is 2. The fourth-order valence-corrected chi connectivity index (χ4v) is 3.90.